The van der Waals surface area contributed by atoms with Crippen LogP contribution in [-0.4, -0.2) is 0 Å². The maximum absolute atomic E-state index is 9.43. The summed E-state index contributed by atoms with van der Waals surface area (Å²) in [6, 6.07) is 42.7. The van der Waals surface area contributed by atoms with Gasteiger partial charge in [0.15, 0.2) is 0 Å². The SMILES string of the molecule is N#Cc1cccc(-c2cccc(-c3cccc4c3Oc3ccccc3C43C4=C(C=CCC4)c4ccccc43)c2)c1. The molecule has 1 unspecified atom stereocenters. The maximum Gasteiger partial charge on any atom is 0.140 e. The molecule has 0 N–H and O–H groups in total. The van der Waals surface area contributed by atoms with Gasteiger partial charge in [-0.3, -0.25) is 0 Å². The Kier molecular flexibility index (Phi) is 4.96. The molecule has 2 nitrogen and oxygen atoms in total. The lowest BCUT2D eigenvalue weighted by Gasteiger charge is -2.41. The average molecular weight is 512 g/mol. The zero-order valence-electron chi connectivity index (χ0n) is 21.9. The fourth-order valence-electron chi connectivity index (χ4n) is 7.05. The van der Waals surface area contributed by atoms with Crippen molar-refractivity contribution in [2.75, 3.05) is 0 Å². The Hall–Kier alpha value is -5.13. The Balaban J connectivity index is 1.40. The third-order valence-electron chi connectivity index (χ3n) is 8.67. The number of benzene rings is 5. The van der Waals surface area contributed by atoms with E-state index >= 15 is 0 Å². The maximum atomic E-state index is 9.43. The first-order valence-corrected chi connectivity index (χ1v) is 13.8. The van der Waals surface area contributed by atoms with Crippen LogP contribution in [0.2, 0.25) is 0 Å². The molecule has 2 heteroatoms. The fourth-order valence-corrected chi connectivity index (χ4v) is 7.05. The van der Waals surface area contributed by atoms with E-state index in [0.29, 0.717) is 5.56 Å². The van der Waals surface area contributed by atoms with Crippen molar-refractivity contribution in [1.29, 1.82) is 5.26 Å². The van der Waals surface area contributed by atoms with Crippen molar-refractivity contribution in [1.82, 2.24) is 0 Å². The number of allylic oxidation sites excluding steroid dienone is 4. The van der Waals surface area contributed by atoms with Crippen LogP contribution in [0.3, 0.4) is 0 Å². The van der Waals surface area contributed by atoms with Crippen molar-refractivity contribution in [3.63, 3.8) is 0 Å². The van der Waals surface area contributed by atoms with Gasteiger partial charge in [0, 0.05) is 16.7 Å². The summed E-state index contributed by atoms with van der Waals surface area (Å²) in [6.07, 6.45) is 6.69. The minimum atomic E-state index is -0.393. The van der Waals surface area contributed by atoms with Crippen LogP contribution < -0.4 is 4.74 Å². The fraction of sp³-hybridized carbons (Fsp3) is 0.0789. The van der Waals surface area contributed by atoms with Gasteiger partial charge in [0.1, 0.15) is 11.5 Å². The molecule has 0 saturated carbocycles. The highest BCUT2D eigenvalue weighted by Crippen LogP contribution is 2.63. The lowest BCUT2D eigenvalue weighted by molar-refractivity contribution is 0.433. The Morgan fingerprint density at radius 2 is 1.35 bits per heavy atom. The molecule has 5 aromatic carbocycles. The van der Waals surface area contributed by atoms with E-state index < -0.39 is 5.41 Å². The Morgan fingerprint density at radius 1 is 0.650 bits per heavy atom. The number of hydrogen-bond donors (Lipinski definition) is 0. The van der Waals surface area contributed by atoms with Gasteiger partial charge in [-0.2, -0.15) is 5.26 Å². The molecule has 0 radical (unpaired) electrons. The van der Waals surface area contributed by atoms with Gasteiger partial charge in [0.2, 0.25) is 0 Å². The van der Waals surface area contributed by atoms with Crippen molar-refractivity contribution in [2.45, 2.75) is 18.3 Å². The minimum Gasteiger partial charge on any atom is -0.456 e. The number of fused-ring (bicyclic) bond motifs is 8. The number of nitriles is 1. The first-order chi connectivity index (χ1) is 19.8. The van der Waals surface area contributed by atoms with Crippen LogP contribution in [0.4, 0.5) is 0 Å². The lowest BCUT2D eigenvalue weighted by atomic mass is 9.63. The van der Waals surface area contributed by atoms with Gasteiger partial charge < -0.3 is 4.74 Å². The summed E-state index contributed by atoms with van der Waals surface area (Å²) in [5.41, 5.74) is 12.4. The molecule has 188 valence electrons. The summed E-state index contributed by atoms with van der Waals surface area (Å²) in [7, 11) is 0. The van der Waals surface area contributed by atoms with E-state index in [4.69, 9.17) is 4.74 Å². The summed E-state index contributed by atoms with van der Waals surface area (Å²) in [4.78, 5) is 0. The van der Waals surface area contributed by atoms with Crippen molar-refractivity contribution in [3.05, 3.63) is 161 Å². The zero-order chi connectivity index (χ0) is 26.7. The molecule has 0 aromatic heterocycles. The summed E-state index contributed by atoms with van der Waals surface area (Å²) in [6.45, 7) is 0. The second-order valence-electron chi connectivity index (χ2n) is 10.7. The quantitative estimate of drug-likeness (QED) is 0.236. The van der Waals surface area contributed by atoms with Gasteiger partial charge in [0.25, 0.3) is 0 Å². The molecule has 0 saturated heterocycles. The molecule has 0 fully saturated rings. The van der Waals surface area contributed by atoms with Crippen molar-refractivity contribution in [3.8, 4) is 39.8 Å². The third-order valence-corrected chi connectivity index (χ3v) is 8.67. The van der Waals surface area contributed by atoms with E-state index in [1.54, 1.807) is 0 Å². The third kappa shape index (κ3) is 3.09. The number of hydrogen-bond acceptors (Lipinski definition) is 2. The van der Waals surface area contributed by atoms with Gasteiger partial charge in [-0.15, -0.1) is 0 Å². The predicted octanol–water partition coefficient (Wildman–Crippen LogP) is 9.45. The van der Waals surface area contributed by atoms with Crippen LogP contribution in [-0.2, 0) is 5.41 Å². The van der Waals surface area contributed by atoms with Gasteiger partial charge in [-0.25, -0.2) is 0 Å². The summed E-state index contributed by atoms with van der Waals surface area (Å²) in [5, 5.41) is 9.43. The topological polar surface area (TPSA) is 33.0 Å². The lowest BCUT2D eigenvalue weighted by Crippen LogP contribution is -2.33. The Bertz CT molecular complexity index is 1950. The van der Waals surface area contributed by atoms with E-state index in [0.717, 1.165) is 46.6 Å². The van der Waals surface area contributed by atoms with Crippen molar-refractivity contribution < 1.29 is 4.74 Å². The number of nitrogens with zero attached hydrogens (tertiary/aromatic N) is 1. The first-order valence-electron chi connectivity index (χ1n) is 13.8. The monoisotopic (exact) mass is 511 g/mol. The Labute approximate surface area is 234 Å². The van der Waals surface area contributed by atoms with Crippen LogP contribution in [0.25, 0.3) is 27.8 Å². The molecule has 0 amide bonds. The molecule has 1 aliphatic heterocycles. The number of para-hydroxylation sites is 2. The molecule has 3 aliphatic rings. The number of ether oxygens (including phenoxy) is 1. The van der Waals surface area contributed by atoms with Crippen molar-refractivity contribution >= 4 is 5.57 Å². The standard InChI is InChI=1S/C38H25NO/c39-24-25-10-7-11-26(22-25)27-12-8-13-28(23-27)29-16-9-20-35-37(29)40-36-21-6-5-19-34(36)38(35)32-17-3-1-14-30(32)31-15-2-4-18-33(31)38/h1-3,5-17,19-23H,4,18H2. The molecule has 5 aromatic rings. The number of rotatable bonds is 2. The molecule has 0 bridgehead atoms. The largest absolute Gasteiger partial charge is 0.456 e. The van der Waals surface area contributed by atoms with Crippen LogP contribution in [0.1, 0.15) is 40.7 Å². The zero-order valence-corrected chi connectivity index (χ0v) is 21.9. The molecular weight excluding hydrogens is 486 g/mol. The Morgan fingerprint density at radius 3 is 2.25 bits per heavy atom. The van der Waals surface area contributed by atoms with Crippen molar-refractivity contribution in [2.24, 2.45) is 0 Å². The van der Waals surface area contributed by atoms with E-state index in [1.165, 1.54) is 33.4 Å². The molecule has 1 atom stereocenters. The van der Waals surface area contributed by atoms with Gasteiger partial charge in [-0.05, 0) is 76.1 Å². The van der Waals surface area contributed by atoms with Gasteiger partial charge in [-0.1, -0.05) is 103 Å². The summed E-state index contributed by atoms with van der Waals surface area (Å²) < 4.78 is 6.84. The second-order valence-corrected chi connectivity index (χ2v) is 10.7. The molecule has 8 rings (SSSR count). The van der Waals surface area contributed by atoms with Crippen LogP contribution in [0.5, 0.6) is 11.5 Å². The first kappa shape index (κ1) is 22.8. The van der Waals surface area contributed by atoms with E-state index in [2.05, 4.69) is 115 Å². The highest BCUT2D eigenvalue weighted by atomic mass is 16.5. The molecule has 1 spiro atoms. The highest BCUT2D eigenvalue weighted by molar-refractivity contribution is 5.93. The average Bonchev–Trinajstić information content (AvgIpc) is 3.32. The second kappa shape index (κ2) is 8.70. The smallest absolute Gasteiger partial charge is 0.140 e. The van der Waals surface area contributed by atoms with E-state index in [1.807, 2.05) is 18.2 Å². The van der Waals surface area contributed by atoms with Crippen LogP contribution in [0, 0.1) is 11.3 Å². The van der Waals surface area contributed by atoms with E-state index in [9.17, 15) is 5.26 Å². The normalized spacial score (nSPS) is 17.9. The van der Waals surface area contributed by atoms with Crippen LogP contribution in [0.15, 0.2) is 133 Å². The highest BCUT2D eigenvalue weighted by Gasteiger charge is 2.52. The van der Waals surface area contributed by atoms with Gasteiger partial charge >= 0.3 is 0 Å². The predicted molar refractivity (Wildman–Crippen MR) is 160 cm³/mol. The minimum absolute atomic E-state index is 0.393. The summed E-state index contributed by atoms with van der Waals surface area (Å²) >= 11 is 0. The summed E-state index contributed by atoms with van der Waals surface area (Å²) in [5.74, 6) is 1.83. The molecule has 1 heterocycles. The molecular formula is C38H25NO. The molecule has 40 heavy (non-hydrogen) atoms. The van der Waals surface area contributed by atoms with Crippen LogP contribution >= 0.6 is 0 Å². The van der Waals surface area contributed by atoms with E-state index in [-0.39, 0.29) is 0 Å². The van der Waals surface area contributed by atoms with Gasteiger partial charge in [0.05, 0.1) is 17.0 Å². The molecule has 2 aliphatic carbocycles.